The Kier molecular flexibility index (Phi) is 5.96. The van der Waals surface area contributed by atoms with Crippen LogP contribution >= 0.6 is 0 Å². The lowest BCUT2D eigenvalue weighted by atomic mass is 9.99. The maximum Gasteiger partial charge on any atom is 0.323 e. The molecule has 2 aliphatic heterocycles. The molecule has 0 saturated carbocycles. The molecule has 2 aromatic carbocycles. The summed E-state index contributed by atoms with van der Waals surface area (Å²) >= 11 is 0. The zero-order valence-electron chi connectivity index (χ0n) is 18.3. The third-order valence-electron chi connectivity index (χ3n) is 5.37. The van der Waals surface area contributed by atoms with Crippen LogP contribution in [-0.2, 0) is 11.3 Å². The topological polar surface area (TPSA) is 162 Å². The third kappa shape index (κ3) is 4.41. The fourth-order valence-electron chi connectivity index (χ4n) is 3.72. The molecule has 4 amide bonds. The summed E-state index contributed by atoms with van der Waals surface area (Å²) in [5.74, 6) is 3.27. The summed E-state index contributed by atoms with van der Waals surface area (Å²) in [6.45, 7) is -0.266. The van der Waals surface area contributed by atoms with E-state index >= 15 is 0 Å². The number of carbonyl (C=O) groups is 3. The van der Waals surface area contributed by atoms with Gasteiger partial charge in [0.05, 0.1) is 24.9 Å². The number of nitrogens with two attached hydrogens (primary N) is 1. The number of guanidine groups is 1. The number of rotatable bonds is 4. The molecule has 2 aliphatic rings. The van der Waals surface area contributed by atoms with E-state index in [4.69, 9.17) is 15.7 Å². The van der Waals surface area contributed by atoms with E-state index in [0.717, 1.165) is 0 Å². The van der Waals surface area contributed by atoms with Gasteiger partial charge in [-0.25, -0.2) is 14.2 Å². The molecule has 11 nitrogen and oxygen atoms in total. The van der Waals surface area contributed by atoms with Gasteiger partial charge in [-0.3, -0.25) is 20.2 Å². The smallest absolute Gasteiger partial charge is 0.323 e. The van der Waals surface area contributed by atoms with Gasteiger partial charge in [-0.15, -0.1) is 0 Å². The minimum Gasteiger partial charge on any atom is -0.494 e. The van der Waals surface area contributed by atoms with E-state index in [2.05, 4.69) is 32.8 Å². The lowest BCUT2D eigenvalue weighted by Crippen LogP contribution is -2.54. The number of carbonyl (C=O) groups excluding carboxylic acids is 3. The van der Waals surface area contributed by atoms with Crippen LogP contribution in [0.2, 0.25) is 0 Å². The van der Waals surface area contributed by atoms with Crippen molar-refractivity contribution in [2.75, 3.05) is 13.7 Å². The molecular formula is C23H18FN7O4. The first-order valence-corrected chi connectivity index (χ1v) is 10.2. The number of nitrogens with zero attached hydrogens (tertiary/aromatic N) is 3. The number of aliphatic imine (C=N–C) groups is 1. The van der Waals surface area contributed by atoms with Crippen molar-refractivity contribution in [3.63, 3.8) is 0 Å². The summed E-state index contributed by atoms with van der Waals surface area (Å²) in [5, 5.41) is 15.4. The molecule has 2 aromatic rings. The average Bonchev–Trinajstić information content (AvgIpc) is 3.29. The van der Waals surface area contributed by atoms with Crippen molar-refractivity contribution in [2.24, 2.45) is 10.7 Å². The number of hydrogen-bond donors (Lipinski definition) is 4. The molecule has 2 heterocycles. The highest BCUT2D eigenvalue weighted by Gasteiger charge is 2.48. The number of hydrogen-bond acceptors (Lipinski definition) is 6. The average molecular weight is 475 g/mol. The summed E-state index contributed by atoms with van der Waals surface area (Å²) in [7, 11) is 1.29. The van der Waals surface area contributed by atoms with E-state index in [1.807, 2.05) is 0 Å². The zero-order valence-corrected chi connectivity index (χ0v) is 18.3. The number of ether oxygens (including phenoxy) is 1. The Morgan fingerprint density at radius 3 is 2.66 bits per heavy atom. The summed E-state index contributed by atoms with van der Waals surface area (Å²) < 4.78 is 19.6. The van der Waals surface area contributed by atoms with Crippen molar-refractivity contribution in [1.29, 1.82) is 5.26 Å². The van der Waals surface area contributed by atoms with Gasteiger partial charge in [0.25, 0.3) is 11.8 Å². The van der Waals surface area contributed by atoms with Crippen LogP contribution in [0, 0.1) is 29.1 Å². The van der Waals surface area contributed by atoms with Crippen molar-refractivity contribution in [3.8, 4) is 23.8 Å². The zero-order chi connectivity index (χ0) is 25.2. The van der Waals surface area contributed by atoms with Crippen molar-refractivity contribution < 1.29 is 23.5 Å². The summed E-state index contributed by atoms with van der Waals surface area (Å²) in [4.78, 5) is 42.8. The molecule has 35 heavy (non-hydrogen) atoms. The van der Waals surface area contributed by atoms with Crippen LogP contribution in [0.5, 0.6) is 5.75 Å². The van der Waals surface area contributed by atoms with Crippen LogP contribution in [0.1, 0.15) is 21.5 Å². The van der Waals surface area contributed by atoms with Gasteiger partial charge in [-0.05, 0) is 35.9 Å². The molecule has 0 radical (unpaired) electrons. The highest BCUT2D eigenvalue weighted by molar-refractivity contribution is 6.10. The minimum atomic E-state index is -1.74. The van der Waals surface area contributed by atoms with Crippen molar-refractivity contribution in [1.82, 2.24) is 20.9 Å². The third-order valence-corrected chi connectivity index (χ3v) is 5.37. The summed E-state index contributed by atoms with van der Waals surface area (Å²) in [6, 6.07) is 8.62. The van der Waals surface area contributed by atoms with Crippen molar-refractivity contribution in [3.05, 3.63) is 58.9 Å². The first-order chi connectivity index (χ1) is 16.8. The molecule has 1 atom stereocenters. The Balaban J connectivity index is 1.60. The normalized spacial score (nSPS) is 18.7. The molecule has 0 aromatic heterocycles. The predicted octanol–water partition coefficient (Wildman–Crippen LogP) is 0.437. The minimum absolute atomic E-state index is 0.0342. The van der Waals surface area contributed by atoms with E-state index in [9.17, 15) is 18.8 Å². The molecule has 1 fully saturated rings. The molecular weight excluding hydrogens is 457 g/mol. The highest BCUT2D eigenvalue weighted by Crippen LogP contribution is 2.32. The number of fused-ring (bicyclic) bond motifs is 1. The molecule has 176 valence electrons. The molecule has 0 unspecified atom stereocenters. The number of amides is 4. The fourth-order valence-corrected chi connectivity index (χ4v) is 3.72. The van der Waals surface area contributed by atoms with Gasteiger partial charge in [0.1, 0.15) is 0 Å². The van der Waals surface area contributed by atoms with Crippen molar-refractivity contribution >= 4 is 29.5 Å². The predicted molar refractivity (Wildman–Crippen MR) is 120 cm³/mol. The Hall–Kier alpha value is -5.10. The van der Waals surface area contributed by atoms with Crippen LogP contribution in [-0.4, -0.2) is 47.9 Å². The lowest BCUT2D eigenvalue weighted by molar-refractivity contribution is -0.122. The SMILES string of the molecule is COc1ccc2c(c1F)C(=O)N(C[C@@]1(C#Cc3ccc(N=C(N)NC#N)cc3)NC(=O)NC1=O)C2. The van der Waals surface area contributed by atoms with E-state index in [0.29, 0.717) is 16.8 Å². The lowest BCUT2D eigenvalue weighted by Gasteiger charge is -2.26. The highest BCUT2D eigenvalue weighted by atomic mass is 19.1. The van der Waals surface area contributed by atoms with E-state index in [-0.39, 0.29) is 30.4 Å². The maximum absolute atomic E-state index is 14.7. The quantitative estimate of drug-likeness (QED) is 0.125. The summed E-state index contributed by atoms with van der Waals surface area (Å²) in [6.07, 6.45) is 1.65. The number of nitriles is 1. The largest absolute Gasteiger partial charge is 0.494 e. The molecule has 5 N–H and O–H groups in total. The van der Waals surface area contributed by atoms with Gasteiger partial charge in [-0.2, -0.15) is 5.26 Å². The van der Waals surface area contributed by atoms with E-state index < -0.39 is 29.2 Å². The van der Waals surface area contributed by atoms with Gasteiger partial charge >= 0.3 is 6.03 Å². The van der Waals surface area contributed by atoms with Gasteiger partial charge in [0, 0.05) is 12.1 Å². The molecule has 0 bridgehead atoms. The Bertz CT molecular complexity index is 1370. The number of methoxy groups -OCH3 is 1. The second-order valence-corrected chi connectivity index (χ2v) is 7.62. The molecule has 0 aliphatic carbocycles. The Labute approximate surface area is 198 Å². The number of nitrogens with one attached hydrogen (secondary N) is 3. The number of benzene rings is 2. The monoisotopic (exact) mass is 475 g/mol. The van der Waals surface area contributed by atoms with Crippen LogP contribution in [0.25, 0.3) is 0 Å². The summed E-state index contributed by atoms with van der Waals surface area (Å²) in [5.41, 5.74) is 5.01. The van der Waals surface area contributed by atoms with Crippen LogP contribution in [0.3, 0.4) is 0 Å². The number of imide groups is 1. The van der Waals surface area contributed by atoms with Gasteiger partial charge in [-0.1, -0.05) is 17.9 Å². The van der Waals surface area contributed by atoms with Gasteiger partial charge < -0.3 is 20.7 Å². The molecule has 12 heteroatoms. The first-order valence-electron chi connectivity index (χ1n) is 10.2. The molecule has 4 rings (SSSR count). The van der Waals surface area contributed by atoms with Gasteiger partial charge in [0.15, 0.2) is 17.8 Å². The van der Waals surface area contributed by atoms with Crippen LogP contribution in [0.4, 0.5) is 14.9 Å². The van der Waals surface area contributed by atoms with Crippen molar-refractivity contribution in [2.45, 2.75) is 12.1 Å². The Morgan fingerprint density at radius 1 is 1.29 bits per heavy atom. The maximum atomic E-state index is 14.7. The van der Waals surface area contributed by atoms with Crippen LogP contribution < -0.4 is 26.4 Å². The van der Waals surface area contributed by atoms with Crippen LogP contribution in [0.15, 0.2) is 41.4 Å². The number of urea groups is 1. The molecule has 1 saturated heterocycles. The van der Waals surface area contributed by atoms with E-state index in [1.54, 1.807) is 36.5 Å². The standard InChI is InChI=1S/C23H18FN7O4/c1-35-16-7-4-14-10-31(19(32)17(14)18(16)24)11-23(20(33)29-22(34)30-23)9-8-13-2-5-15(6-3-13)28-21(26)27-12-25/h2-7H,10-11H2,1H3,(H3,26,27,28)(H2,29,30,33,34)/t23-/m1/s1. The Morgan fingerprint density at radius 2 is 2.03 bits per heavy atom. The second-order valence-electron chi connectivity index (χ2n) is 7.62. The van der Waals surface area contributed by atoms with E-state index in [1.165, 1.54) is 18.1 Å². The fraction of sp³-hybridized carbons (Fsp3) is 0.174. The van der Waals surface area contributed by atoms with Gasteiger partial charge in [0.2, 0.25) is 11.5 Å². The first kappa shape index (κ1) is 23.1. The second kappa shape index (κ2) is 9.03. The molecule has 0 spiro atoms. The number of halogens is 1.